The Balaban J connectivity index is 1.78. The molecule has 4 heteroatoms. The Morgan fingerprint density at radius 2 is 2.14 bits per heavy atom. The standard InChI is InChI=1S/C17H26N2O2/c1-13(21-12-14-6-3-2-4-7-14)17(20)19-16-9-5-8-15(10-16)11-18/h5,8-10,13-14H,2-4,6-7,11-12,18H2,1H3,(H,19,20). The number of nitrogens with one attached hydrogen (secondary N) is 1. The van der Waals surface area contributed by atoms with Crippen molar-refractivity contribution >= 4 is 11.6 Å². The van der Waals surface area contributed by atoms with Gasteiger partial charge in [0.2, 0.25) is 0 Å². The van der Waals surface area contributed by atoms with E-state index in [4.69, 9.17) is 10.5 Å². The van der Waals surface area contributed by atoms with Crippen molar-refractivity contribution in [2.75, 3.05) is 11.9 Å². The van der Waals surface area contributed by atoms with Gasteiger partial charge in [-0.1, -0.05) is 31.4 Å². The number of benzene rings is 1. The first-order valence-corrected chi connectivity index (χ1v) is 7.90. The van der Waals surface area contributed by atoms with Crippen LogP contribution in [0.1, 0.15) is 44.6 Å². The third kappa shape index (κ3) is 5.14. The number of hydrogen-bond donors (Lipinski definition) is 2. The molecule has 1 aromatic rings. The van der Waals surface area contributed by atoms with E-state index < -0.39 is 6.10 Å². The normalized spacial score (nSPS) is 17.4. The maximum absolute atomic E-state index is 12.1. The molecule has 0 aliphatic heterocycles. The zero-order valence-electron chi connectivity index (χ0n) is 12.8. The Bertz CT molecular complexity index is 456. The van der Waals surface area contributed by atoms with Gasteiger partial charge in [0.1, 0.15) is 6.10 Å². The SMILES string of the molecule is CC(OCC1CCCCC1)C(=O)Nc1cccc(CN)c1. The molecular weight excluding hydrogens is 264 g/mol. The first-order valence-electron chi connectivity index (χ1n) is 7.90. The molecule has 1 amide bonds. The van der Waals surface area contributed by atoms with Crippen molar-refractivity contribution in [1.82, 2.24) is 0 Å². The van der Waals surface area contributed by atoms with E-state index in [0.717, 1.165) is 11.3 Å². The zero-order valence-corrected chi connectivity index (χ0v) is 12.8. The van der Waals surface area contributed by atoms with E-state index in [2.05, 4.69) is 5.32 Å². The molecule has 21 heavy (non-hydrogen) atoms. The maximum Gasteiger partial charge on any atom is 0.253 e. The van der Waals surface area contributed by atoms with Crippen molar-refractivity contribution in [3.05, 3.63) is 29.8 Å². The van der Waals surface area contributed by atoms with E-state index in [1.54, 1.807) is 0 Å². The van der Waals surface area contributed by atoms with Crippen LogP contribution in [0, 0.1) is 5.92 Å². The van der Waals surface area contributed by atoms with Crippen LogP contribution in [0.2, 0.25) is 0 Å². The second kappa shape index (κ2) is 8.15. The minimum atomic E-state index is -0.423. The molecule has 0 heterocycles. The Hall–Kier alpha value is -1.39. The number of anilines is 1. The van der Waals surface area contributed by atoms with Gasteiger partial charge in [0.05, 0.1) is 6.61 Å². The molecule has 116 valence electrons. The number of ether oxygens (including phenoxy) is 1. The molecule has 0 spiro atoms. The van der Waals surface area contributed by atoms with Gasteiger partial charge in [-0.05, 0) is 43.4 Å². The molecule has 0 radical (unpaired) electrons. The second-order valence-corrected chi connectivity index (χ2v) is 5.87. The number of amides is 1. The molecule has 1 atom stereocenters. The van der Waals surface area contributed by atoms with E-state index in [-0.39, 0.29) is 5.91 Å². The minimum Gasteiger partial charge on any atom is -0.368 e. The van der Waals surface area contributed by atoms with Crippen molar-refractivity contribution in [3.8, 4) is 0 Å². The molecule has 0 bridgehead atoms. The number of carbonyl (C=O) groups excluding carboxylic acids is 1. The lowest BCUT2D eigenvalue weighted by Crippen LogP contribution is -2.30. The van der Waals surface area contributed by atoms with Crippen molar-refractivity contribution in [2.24, 2.45) is 11.7 Å². The van der Waals surface area contributed by atoms with Gasteiger partial charge in [-0.15, -0.1) is 0 Å². The maximum atomic E-state index is 12.1. The van der Waals surface area contributed by atoms with Crippen LogP contribution in [0.4, 0.5) is 5.69 Å². The van der Waals surface area contributed by atoms with Crippen LogP contribution in [0.5, 0.6) is 0 Å². The van der Waals surface area contributed by atoms with Gasteiger partial charge in [0.15, 0.2) is 0 Å². The largest absolute Gasteiger partial charge is 0.368 e. The molecule has 1 unspecified atom stereocenters. The number of hydrogen-bond acceptors (Lipinski definition) is 3. The summed E-state index contributed by atoms with van der Waals surface area (Å²) >= 11 is 0. The van der Waals surface area contributed by atoms with Gasteiger partial charge in [-0.25, -0.2) is 0 Å². The highest BCUT2D eigenvalue weighted by molar-refractivity contribution is 5.93. The Labute approximate surface area is 127 Å². The van der Waals surface area contributed by atoms with Crippen LogP contribution >= 0.6 is 0 Å². The molecule has 0 saturated heterocycles. The first-order chi connectivity index (χ1) is 10.2. The van der Waals surface area contributed by atoms with Gasteiger partial charge >= 0.3 is 0 Å². The molecule has 0 aromatic heterocycles. The summed E-state index contributed by atoms with van der Waals surface area (Å²) in [5.41, 5.74) is 7.38. The second-order valence-electron chi connectivity index (χ2n) is 5.87. The summed E-state index contributed by atoms with van der Waals surface area (Å²) in [6, 6.07) is 7.60. The van der Waals surface area contributed by atoms with Gasteiger partial charge < -0.3 is 15.8 Å². The lowest BCUT2D eigenvalue weighted by molar-refractivity contribution is -0.127. The highest BCUT2D eigenvalue weighted by Crippen LogP contribution is 2.24. The average Bonchev–Trinajstić information content (AvgIpc) is 2.53. The van der Waals surface area contributed by atoms with E-state index in [9.17, 15) is 4.79 Å². The van der Waals surface area contributed by atoms with Crippen LogP contribution in [0.25, 0.3) is 0 Å². The van der Waals surface area contributed by atoms with Crippen LogP contribution in [0.3, 0.4) is 0 Å². The molecule has 2 rings (SSSR count). The van der Waals surface area contributed by atoms with E-state index >= 15 is 0 Å². The van der Waals surface area contributed by atoms with E-state index in [1.807, 2.05) is 31.2 Å². The minimum absolute atomic E-state index is 0.0972. The number of nitrogens with two attached hydrogens (primary N) is 1. The Kier molecular flexibility index (Phi) is 6.21. The fourth-order valence-electron chi connectivity index (χ4n) is 2.73. The predicted octanol–water partition coefficient (Wildman–Crippen LogP) is 3.07. The lowest BCUT2D eigenvalue weighted by atomic mass is 9.90. The molecule has 1 saturated carbocycles. The summed E-state index contributed by atoms with van der Waals surface area (Å²) in [6.07, 6.45) is 5.96. The Morgan fingerprint density at radius 1 is 1.38 bits per heavy atom. The van der Waals surface area contributed by atoms with E-state index in [0.29, 0.717) is 19.1 Å². The highest BCUT2D eigenvalue weighted by atomic mass is 16.5. The van der Waals surface area contributed by atoms with Gasteiger partial charge in [-0.2, -0.15) is 0 Å². The lowest BCUT2D eigenvalue weighted by Gasteiger charge is -2.23. The van der Waals surface area contributed by atoms with Gasteiger partial charge in [0.25, 0.3) is 5.91 Å². The molecule has 3 N–H and O–H groups in total. The fourth-order valence-corrected chi connectivity index (χ4v) is 2.73. The van der Waals surface area contributed by atoms with Gasteiger partial charge in [0, 0.05) is 12.2 Å². The van der Waals surface area contributed by atoms with Gasteiger partial charge in [-0.3, -0.25) is 4.79 Å². The van der Waals surface area contributed by atoms with Crippen LogP contribution in [-0.2, 0) is 16.1 Å². The van der Waals surface area contributed by atoms with Crippen LogP contribution < -0.4 is 11.1 Å². The number of carbonyl (C=O) groups is 1. The summed E-state index contributed by atoms with van der Waals surface area (Å²) in [5.74, 6) is 0.523. The van der Waals surface area contributed by atoms with Crippen molar-refractivity contribution in [1.29, 1.82) is 0 Å². The summed E-state index contributed by atoms with van der Waals surface area (Å²) < 4.78 is 5.74. The molecule has 1 fully saturated rings. The summed E-state index contributed by atoms with van der Waals surface area (Å²) in [5, 5.41) is 2.88. The van der Waals surface area contributed by atoms with Crippen molar-refractivity contribution < 1.29 is 9.53 Å². The molecular formula is C17H26N2O2. The van der Waals surface area contributed by atoms with Crippen molar-refractivity contribution in [2.45, 2.75) is 51.7 Å². The highest BCUT2D eigenvalue weighted by Gasteiger charge is 2.18. The number of rotatable bonds is 6. The molecule has 1 aromatic carbocycles. The summed E-state index contributed by atoms with van der Waals surface area (Å²) in [6.45, 7) is 2.97. The first kappa shape index (κ1) is 16.0. The monoisotopic (exact) mass is 290 g/mol. The topological polar surface area (TPSA) is 64.3 Å². The summed E-state index contributed by atoms with van der Waals surface area (Å²) in [7, 11) is 0. The fraction of sp³-hybridized carbons (Fsp3) is 0.588. The van der Waals surface area contributed by atoms with Crippen molar-refractivity contribution in [3.63, 3.8) is 0 Å². The Morgan fingerprint density at radius 3 is 2.86 bits per heavy atom. The van der Waals surface area contributed by atoms with Crippen LogP contribution in [-0.4, -0.2) is 18.6 Å². The molecule has 1 aliphatic rings. The summed E-state index contributed by atoms with van der Waals surface area (Å²) in [4.78, 5) is 12.1. The predicted molar refractivity (Wildman–Crippen MR) is 85.0 cm³/mol. The average molecular weight is 290 g/mol. The quantitative estimate of drug-likeness (QED) is 0.846. The molecule has 1 aliphatic carbocycles. The van der Waals surface area contributed by atoms with E-state index in [1.165, 1.54) is 32.1 Å². The zero-order chi connectivity index (χ0) is 15.1. The molecule has 4 nitrogen and oxygen atoms in total. The van der Waals surface area contributed by atoms with Crippen LogP contribution in [0.15, 0.2) is 24.3 Å². The third-order valence-corrected chi connectivity index (χ3v) is 4.11. The smallest absolute Gasteiger partial charge is 0.253 e. The third-order valence-electron chi connectivity index (χ3n) is 4.11.